The minimum Gasteiger partial charge on any atom is -0.435 e. The quantitative estimate of drug-likeness (QED) is 0.305. The molecule has 1 aromatic heterocycles. The molecule has 1 fully saturated rings. The van der Waals surface area contributed by atoms with E-state index in [0.29, 0.717) is 10.6 Å². The van der Waals surface area contributed by atoms with Crippen molar-refractivity contribution in [3.8, 4) is 0 Å². The third-order valence-electron chi connectivity index (χ3n) is 5.17. The highest BCUT2D eigenvalue weighted by molar-refractivity contribution is 8.06. The second-order valence-corrected chi connectivity index (χ2v) is 8.92. The van der Waals surface area contributed by atoms with E-state index >= 15 is 0 Å². The Balaban J connectivity index is 1.80. The van der Waals surface area contributed by atoms with Gasteiger partial charge in [-0.05, 0) is 25.3 Å². The number of aromatic nitrogens is 1. The van der Waals surface area contributed by atoms with Crippen LogP contribution in [0.4, 0.5) is 4.79 Å². The third kappa shape index (κ3) is 4.68. The SMILES string of the molecule is CCOC(=O)OCOC(=O)C1=C(S/C=C\c2scnc2CO)[C@H](C)[C@@H]2[C@@H]([C@@H](C)O)C(=O)N12. The first-order chi connectivity index (χ1) is 15.3. The van der Waals surface area contributed by atoms with Crippen molar-refractivity contribution in [2.45, 2.75) is 39.5 Å². The maximum absolute atomic E-state index is 12.8. The predicted octanol–water partition coefficient (Wildman–Crippen LogP) is 2.08. The monoisotopic (exact) mass is 484 g/mol. The Morgan fingerprint density at radius 1 is 1.38 bits per heavy atom. The average molecular weight is 485 g/mol. The molecule has 0 bridgehead atoms. The number of esters is 1. The molecule has 4 atom stereocenters. The number of nitrogens with zero attached hydrogens (tertiary/aromatic N) is 2. The normalized spacial score (nSPS) is 23.2. The van der Waals surface area contributed by atoms with Crippen LogP contribution in [0.2, 0.25) is 0 Å². The molecular formula is C20H24N2O8S2. The molecule has 32 heavy (non-hydrogen) atoms. The maximum atomic E-state index is 12.8. The van der Waals surface area contributed by atoms with E-state index in [9.17, 15) is 24.6 Å². The maximum Gasteiger partial charge on any atom is 0.511 e. The van der Waals surface area contributed by atoms with E-state index in [0.717, 1.165) is 4.88 Å². The van der Waals surface area contributed by atoms with Gasteiger partial charge in [0.05, 0.1) is 47.4 Å². The summed E-state index contributed by atoms with van der Waals surface area (Å²) >= 11 is 2.61. The standard InChI is InChI=1S/C20H24N2O8S2/c1-4-28-20(27)30-9-29-19(26)16-17(31-6-5-13-12(7-23)21-8-32-13)10(2)15-14(11(3)24)18(25)22(15)16/h5-6,8,10-11,14-15,23-24H,4,7,9H2,1-3H3/b6-5-/t10-,11-,14-,15-/m1/s1. The van der Waals surface area contributed by atoms with E-state index in [1.807, 2.05) is 6.92 Å². The molecule has 3 heterocycles. The molecule has 1 amide bonds. The van der Waals surface area contributed by atoms with E-state index in [4.69, 9.17) is 4.74 Å². The second-order valence-electron chi connectivity index (χ2n) is 7.09. The molecule has 2 aliphatic heterocycles. The van der Waals surface area contributed by atoms with Crippen molar-refractivity contribution in [3.63, 3.8) is 0 Å². The highest BCUT2D eigenvalue weighted by Crippen LogP contribution is 2.51. The lowest BCUT2D eigenvalue weighted by Gasteiger charge is -2.46. The van der Waals surface area contributed by atoms with E-state index in [1.165, 1.54) is 28.0 Å². The molecule has 174 valence electrons. The Morgan fingerprint density at radius 3 is 2.78 bits per heavy atom. The van der Waals surface area contributed by atoms with Crippen LogP contribution in [0.25, 0.3) is 6.08 Å². The van der Waals surface area contributed by atoms with Crippen molar-refractivity contribution >= 4 is 47.2 Å². The van der Waals surface area contributed by atoms with Crippen molar-refractivity contribution in [3.05, 3.63) is 32.1 Å². The molecule has 0 aromatic carbocycles. The van der Waals surface area contributed by atoms with Crippen LogP contribution in [0.15, 0.2) is 21.5 Å². The van der Waals surface area contributed by atoms with Gasteiger partial charge < -0.3 is 29.3 Å². The molecule has 3 rings (SSSR count). The zero-order chi connectivity index (χ0) is 23.4. The van der Waals surface area contributed by atoms with Crippen LogP contribution in [0, 0.1) is 11.8 Å². The molecule has 0 radical (unpaired) electrons. The smallest absolute Gasteiger partial charge is 0.435 e. The lowest BCUT2D eigenvalue weighted by atomic mass is 9.79. The number of aliphatic hydroxyl groups excluding tert-OH is 2. The Labute approximate surface area is 192 Å². The Hall–Kier alpha value is -2.41. The molecule has 1 aromatic rings. The summed E-state index contributed by atoms with van der Waals surface area (Å²) in [6, 6.07) is -0.372. The van der Waals surface area contributed by atoms with Gasteiger partial charge in [-0.2, -0.15) is 0 Å². The molecule has 10 nitrogen and oxygen atoms in total. The molecule has 12 heteroatoms. The van der Waals surface area contributed by atoms with Crippen molar-refractivity contribution < 1.29 is 38.8 Å². The first-order valence-corrected chi connectivity index (χ1v) is 11.7. The van der Waals surface area contributed by atoms with Gasteiger partial charge in [0, 0.05) is 10.8 Å². The Bertz CT molecular complexity index is 942. The average Bonchev–Trinajstić information content (AvgIpc) is 3.29. The summed E-state index contributed by atoms with van der Waals surface area (Å²) in [5.74, 6) is -2.02. The Kier molecular flexibility index (Phi) is 7.93. The largest absolute Gasteiger partial charge is 0.511 e. The molecule has 1 saturated heterocycles. The molecule has 0 saturated carbocycles. The zero-order valence-corrected chi connectivity index (χ0v) is 19.4. The number of rotatable bonds is 9. The highest BCUT2D eigenvalue weighted by Gasteiger charge is 2.60. The van der Waals surface area contributed by atoms with Gasteiger partial charge in [-0.15, -0.1) is 11.3 Å². The number of hydrogen-bond acceptors (Lipinski definition) is 11. The van der Waals surface area contributed by atoms with Crippen LogP contribution < -0.4 is 0 Å². The first-order valence-electron chi connectivity index (χ1n) is 9.90. The molecular weight excluding hydrogens is 460 g/mol. The van der Waals surface area contributed by atoms with Gasteiger partial charge in [-0.3, -0.25) is 4.79 Å². The third-order valence-corrected chi connectivity index (χ3v) is 7.10. The van der Waals surface area contributed by atoms with E-state index < -0.39 is 30.9 Å². The van der Waals surface area contributed by atoms with Gasteiger partial charge in [-0.1, -0.05) is 18.7 Å². The number of fused-ring (bicyclic) bond motifs is 1. The number of carbonyl (C=O) groups is 3. The number of thiazole rings is 1. The molecule has 0 spiro atoms. The van der Waals surface area contributed by atoms with Crippen molar-refractivity contribution in [2.75, 3.05) is 13.4 Å². The second kappa shape index (κ2) is 10.5. The predicted molar refractivity (Wildman–Crippen MR) is 116 cm³/mol. The number of carbonyl (C=O) groups excluding carboxylic acids is 3. The summed E-state index contributed by atoms with van der Waals surface area (Å²) in [5, 5.41) is 21.1. The lowest BCUT2D eigenvalue weighted by Crippen LogP contribution is -2.63. The van der Waals surface area contributed by atoms with Crippen LogP contribution in [0.5, 0.6) is 0 Å². The van der Waals surface area contributed by atoms with Crippen LogP contribution in [-0.2, 0) is 30.4 Å². The van der Waals surface area contributed by atoms with Gasteiger partial charge in [0.2, 0.25) is 12.7 Å². The number of aliphatic hydroxyl groups is 2. The zero-order valence-electron chi connectivity index (χ0n) is 17.7. The van der Waals surface area contributed by atoms with Gasteiger partial charge in [0.25, 0.3) is 0 Å². The number of β-lactam (4-membered cyclic amide) rings is 1. The summed E-state index contributed by atoms with van der Waals surface area (Å²) in [4.78, 5) is 43.5. The molecule has 0 aliphatic carbocycles. The molecule has 2 N–H and O–H groups in total. The van der Waals surface area contributed by atoms with Crippen LogP contribution >= 0.6 is 23.1 Å². The lowest BCUT2D eigenvalue weighted by molar-refractivity contribution is -0.166. The van der Waals surface area contributed by atoms with Gasteiger partial charge in [0.1, 0.15) is 5.70 Å². The molecule has 0 unspecified atom stereocenters. The van der Waals surface area contributed by atoms with Crippen LogP contribution in [0.1, 0.15) is 31.3 Å². The Morgan fingerprint density at radius 2 is 2.12 bits per heavy atom. The van der Waals surface area contributed by atoms with E-state index in [1.54, 1.807) is 30.8 Å². The van der Waals surface area contributed by atoms with Gasteiger partial charge in [-0.25, -0.2) is 14.6 Å². The topological polar surface area (TPSA) is 135 Å². The number of hydrogen-bond donors (Lipinski definition) is 2. The van der Waals surface area contributed by atoms with Crippen molar-refractivity contribution in [1.29, 1.82) is 0 Å². The number of amides is 1. The fourth-order valence-electron chi connectivity index (χ4n) is 3.73. The summed E-state index contributed by atoms with van der Waals surface area (Å²) in [6.45, 7) is 4.30. The first kappa shape index (κ1) is 24.2. The van der Waals surface area contributed by atoms with Gasteiger partial charge in [0.15, 0.2) is 0 Å². The van der Waals surface area contributed by atoms with Crippen LogP contribution in [-0.4, -0.2) is 63.7 Å². The minimum atomic E-state index is -0.970. The summed E-state index contributed by atoms with van der Waals surface area (Å²) < 4.78 is 14.3. The highest BCUT2D eigenvalue weighted by atomic mass is 32.2. The minimum absolute atomic E-state index is 0.0678. The van der Waals surface area contributed by atoms with E-state index in [-0.39, 0.29) is 36.8 Å². The summed E-state index contributed by atoms with van der Waals surface area (Å²) in [5.41, 5.74) is 2.24. The number of thioether (sulfide) groups is 1. The number of ether oxygens (including phenoxy) is 3. The molecule has 2 aliphatic rings. The van der Waals surface area contributed by atoms with Crippen LogP contribution in [0.3, 0.4) is 0 Å². The summed E-state index contributed by atoms with van der Waals surface area (Å²) in [7, 11) is 0. The summed E-state index contributed by atoms with van der Waals surface area (Å²) in [6.07, 6.45) is -0.0630. The van der Waals surface area contributed by atoms with Crippen molar-refractivity contribution in [1.82, 2.24) is 9.88 Å². The fraction of sp³-hybridized carbons (Fsp3) is 0.500. The fourth-order valence-corrected chi connectivity index (χ4v) is 5.51. The van der Waals surface area contributed by atoms with Gasteiger partial charge >= 0.3 is 12.1 Å². The van der Waals surface area contributed by atoms with Crippen molar-refractivity contribution in [2.24, 2.45) is 11.8 Å². The van der Waals surface area contributed by atoms with E-state index in [2.05, 4.69) is 14.5 Å².